The predicted octanol–water partition coefficient (Wildman–Crippen LogP) is 1.21. The van der Waals surface area contributed by atoms with Gasteiger partial charge in [0, 0.05) is 39.3 Å². The van der Waals surface area contributed by atoms with E-state index in [1.54, 1.807) is 0 Å². The van der Waals surface area contributed by atoms with Crippen LogP contribution in [0, 0.1) is 5.92 Å². The summed E-state index contributed by atoms with van der Waals surface area (Å²) in [6, 6.07) is 0.120. The number of urea groups is 1. The summed E-state index contributed by atoms with van der Waals surface area (Å²) >= 11 is 0. The van der Waals surface area contributed by atoms with Crippen LogP contribution in [-0.2, 0) is 9.53 Å². The zero-order valence-corrected chi connectivity index (χ0v) is 13.3. The third kappa shape index (κ3) is 3.72. The van der Waals surface area contributed by atoms with Gasteiger partial charge in [-0.1, -0.05) is 0 Å². The molecule has 0 spiro atoms. The molecule has 0 aliphatic carbocycles. The number of hydrogen-bond donors (Lipinski definition) is 1. The predicted molar refractivity (Wildman–Crippen MR) is 82.5 cm³/mol. The first-order chi connectivity index (χ1) is 10.7. The van der Waals surface area contributed by atoms with Crippen molar-refractivity contribution in [2.75, 3.05) is 39.3 Å². The number of rotatable bonds is 3. The van der Waals surface area contributed by atoms with Gasteiger partial charge >= 0.3 is 6.03 Å². The van der Waals surface area contributed by atoms with E-state index in [4.69, 9.17) is 4.74 Å². The number of ether oxygens (including phenoxy) is 1. The Bertz CT molecular complexity index is 403. The third-order valence-corrected chi connectivity index (χ3v) is 4.97. The third-order valence-electron chi connectivity index (χ3n) is 4.97. The maximum atomic E-state index is 12.4. The highest BCUT2D eigenvalue weighted by molar-refractivity contribution is 5.81. The van der Waals surface area contributed by atoms with Crippen LogP contribution < -0.4 is 5.32 Å². The zero-order chi connectivity index (χ0) is 15.4. The van der Waals surface area contributed by atoms with Crippen molar-refractivity contribution in [3.05, 3.63) is 0 Å². The summed E-state index contributed by atoms with van der Waals surface area (Å²) in [6.07, 6.45) is 6.29. The molecule has 124 valence electrons. The molecule has 2 atom stereocenters. The van der Waals surface area contributed by atoms with Crippen LogP contribution in [0.1, 0.15) is 38.5 Å². The normalized spacial score (nSPS) is 28.9. The molecule has 1 N–H and O–H groups in total. The summed E-state index contributed by atoms with van der Waals surface area (Å²) in [5.41, 5.74) is 0. The van der Waals surface area contributed by atoms with Crippen molar-refractivity contribution >= 4 is 11.9 Å². The van der Waals surface area contributed by atoms with Crippen LogP contribution in [0.15, 0.2) is 0 Å². The zero-order valence-electron chi connectivity index (χ0n) is 13.3. The van der Waals surface area contributed by atoms with Crippen molar-refractivity contribution in [2.45, 2.75) is 44.6 Å². The van der Waals surface area contributed by atoms with E-state index in [2.05, 4.69) is 5.32 Å². The van der Waals surface area contributed by atoms with Crippen molar-refractivity contribution in [1.29, 1.82) is 0 Å². The second-order valence-electron chi connectivity index (χ2n) is 6.64. The average Bonchev–Trinajstić information content (AvgIpc) is 3.25. The molecule has 0 radical (unpaired) electrons. The molecule has 3 aliphatic heterocycles. The summed E-state index contributed by atoms with van der Waals surface area (Å²) in [5, 5.41) is 3.01. The van der Waals surface area contributed by atoms with E-state index in [0.717, 1.165) is 64.8 Å². The molecule has 22 heavy (non-hydrogen) atoms. The van der Waals surface area contributed by atoms with Crippen LogP contribution in [0.4, 0.5) is 4.79 Å². The number of carbonyl (C=O) groups is 2. The van der Waals surface area contributed by atoms with E-state index in [9.17, 15) is 9.59 Å². The van der Waals surface area contributed by atoms with Crippen LogP contribution in [-0.4, -0.2) is 67.2 Å². The molecule has 3 heterocycles. The van der Waals surface area contributed by atoms with Crippen LogP contribution >= 0.6 is 0 Å². The first-order valence-electron chi connectivity index (χ1n) is 8.67. The van der Waals surface area contributed by atoms with Crippen LogP contribution in [0.3, 0.4) is 0 Å². The number of hydrogen-bond acceptors (Lipinski definition) is 3. The lowest BCUT2D eigenvalue weighted by Crippen LogP contribution is -2.50. The summed E-state index contributed by atoms with van der Waals surface area (Å²) in [5.74, 6) is 0.0103. The SMILES string of the molecule is O=C(NC[C@H]1CCCO1)[C@@H]1CCCN(C(=O)N2CCCC2)C1. The van der Waals surface area contributed by atoms with Crippen molar-refractivity contribution in [3.8, 4) is 0 Å². The van der Waals surface area contributed by atoms with Gasteiger partial charge in [-0.05, 0) is 38.5 Å². The molecule has 0 unspecified atom stereocenters. The Morgan fingerprint density at radius 1 is 1.00 bits per heavy atom. The molecule has 3 aliphatic rings. The Morgan fingerprint density at radius 3 is 2.50 bits per heavy atom. The minimum absolute atomic E-state index is 0.0679. The van der Waals surface area contributed by atoms with Gasteiger partial charge in [-0.3, -0.25) is 4.79 Å². The van der Waals surface area contributed by atoms with Gasteiger partial charge in [0.15, 0.2) is 0 Å². The van der Waals surface area contributed by atoms with Gasteiger partial charge in [-0.15, -0.1) is 0 Å². The van der Waals surface area contributed by atoms with E-state index in [-0.39, 0.29) is 24.0 Å². The molecular formula is C16H27N3O3. The molecule has 0 aromatic carbocycles. The first-order valence-corrected chi connectivity index (χ1v) is 8.67. The fraction of sp³-hybridized carbons (Fsp3) is 0.875. The number of nitrogens with one attached hydrogen (secondary N) is 1. The monoisotopic (exact) mass is 309 g/mol. The first kappa shape index (κ1) is 15.6. The topological polar surface area (TPSA) is 61.9 Å². The number of piperidine rings is 1. The Kier molecular flexibility index (Phi) is 5.18. The summed E-state index contributed by atoms with van der Waals surface area (Å²) in [6.45, 7) is 4.49. The smallest absolute Gasteiger partial charge is 0.320 e. The van der Waals surface area contributed by atoms with Crippen LogP contribution in [0.2, 0.25) is 0 Å². The fourth-order valence-electron chi connectivity index (χ4n) is 3.64. The number of carbonyl (C=O) groups excluding carboxylic acids is 2. The highest BCUT2D eigenvalue weighted by Crippen LogP contribution is 2.20. The Balaban J connectivity index is 1.46. The molecule has 6 heteroatoms. The molecule has 3 saturated heterocycles. The second-order valence-corrected chi connectivity index (χ2v) is 6.64. The van der Waals surface area contributed by atoms with Crippen LogP contribution in [0.25, 0.3) is 0 Å². The van der Waals surface area contributed by atoms with Gasteiger partial charge in [-0.25, -0.2) is 4.79 Å². The van der Waals surface area contributed by atoms with E-state index in [1.807, 2.05) is 9.80 Å². The lowest BCUT2D eigenvalue weighted by atomic mass is 9.97. The van der Waals surface area contributed by atoms with Gasteiger partial charge in [0.25, 0.3) is 0 Å². The fourth-order valence-corrected chi connectivity index (χ4v) is 3.64. The molecule has 0 bridgehead atoms. The summed E-state index contributed by atoms with van der Waals surface area (Å²) < 4.78 is 5.53. The van der Waals surface area contributed by atoms with Crippen molar-refractivity contribution in [2.24, 2.45) is 5.92 Å². The van der Waals surface area contributed by atoms with E-state index < -0.39 is 0 Å². The molecule has 0 aromatic heterocycles. The second kappa shape index (κ2) is 7.31. The van der Waals surface area contributed by atoms with Crippen molar-refractivity contribution in [3.63, 3.8) is 0 Å². The largest absolute Gasteiger partial charge is 0.376 e. The molecule has 0 saturated carbocycles. The Labute approximate surface area is 132 Å². The Hall–Kier alpha value is -1.30. The summed E-state index contributed by atoms with van der Waals surface area (Å²) in [4.78, 5) is 28.6. The number of likely N-dealkylation sites (tertiary alicyclic amines) is 2. The van der Waals surface area contributed by atoms with E-state index >= 15 is 0 Å². The van der Waals surface area contributed by atoms with Crippen LogP contribution in [0.5, 0.6) is 0 Å². The highest BCUT2D eigenvalue weighted by atomic mass is 16.5. The average molecular weight is 309 g/mol. The number of nitrogens with zero attached hydrogens (tertiary/aromatic N) is 2. The van der Waals surface area contributed by atoms with Gasteiger partial charge in [-0.2, -0.15) is 0 Å². The van der Waals surface area contributed by atoms with Crippen molar-refractivity contribution in [1.82, 2.24) is 15.1 Å². The van der Waals surface area contributed by atoms with Gasteiger partial charge in [0.2, 0.25) is 5.91 Å². The summed E-state index contributed by atoms with van der Waals surface area (Å²) in [7, 11) is 0. The lowest BCUT2D eigenvalue weighted by Gasteiger charge is -2.34. The molecule has 3 amide bonds. The molecule has 3 rings (SSSR count). The molecule has 3 fully saturated rings. The minimum Gasteiger partial charge on any atom is -0.376 e. The van der Waals surface area contributed by atoms with E-state index in [0.29, 0.717) is 13.1 Å². The van der Waals surface area contributed by atoms with E-state index in [1.165, 1.54) is 0 Å². The highest BCUT2D eigenvalue weighted by Gasteiger charge is 2.31. The Morgan fingerprint density at radius 2 is 1.77 bits per heavy atom. The maximum Gasteiger partial charge on any atom is 0.320 e. The lowest BCUT2D eigenvalue weighted by molar-refractivity contribution is -0.126. The van der Waals surface area contributed by atoms with Crippen molar-refractivity contribution < 1.29 is 14.3 Å². The quantitative estimate of drug-likeness (QED) is 0.852. The van der Waals surface area contributed by atoms with Gasteiger partial charge < -0.3 is 19.9 Å². The standard InChI is InChI=1S/C16H27N3O3/c20-15(17-11-14-6-4-10-22-14)13-5-3-9-19(12-13)16(21)18-7-1-2-8-18/h13-14H,1-12H2,(H,17,20)/t13-,14-/m1/s1. The molecular weight excluding hydrogens is 282 g/mol. The maximum absolute atomic E-state index is 12.4. The number of amides is 3. The molecule has 0 aromatic rings. The molecule has 6 nitrogen and oxygen atoms in total. The minimum atomic E-state index is -0.0679. The van der Waals surface area contributed by atoms with Gasteiger partial charge in [0.05, 0.1) is 12.0 Å². The van der Waals surface area contributed by atoms with Gasteiger partial charge in [0.1, 0.15) is 0 Å².